The zero-order chi connectivity index (χ0) is 25.8. The molecular weight excluding hydrogens is 470 g/mol. The van der Waals surface area contributed by atoms with E-state index in [0.717, 1.165) is 22.3 Å². The fourth-order valence-corrected chi connectivity index (χ4v) is 4.65. The first-order chi connectivity index (χ1) is 17.3. The van der Waals surface area contributed by atoms with Crippen molar-refractivity contribution in [3.8, 4) is 11.1 Å². The van der Waals surface area contributed by atoms with Crippen LogP contribution in [0.5, 0.6) is 0 Å². The Kier molecular flexibility index (Phi) is 7.85. The van der Waals surface area contributed by atoms with E-state index in [1.165, 1.54) is 6.92 Å². The van der Waals surface area contributed by atoms with Gasteiger partial charge in [0.05, 0.1) is 6.61 Å². The van der Waals surface area contributed by atoms with E-state index in [-0.39, 0.29) is 12.5 Å². The number of carbonyl (C=O) groups excluding carboxylic acids is 3. The second-order valence-corrected chi connectivity index (χ2v) is 8.73. The van der Waals surface area contributed by atoms with E-state index in [2.05, 4.69) is 16.0 Å². The summed E-state index contributed by atoms with van der Waals surface area (Å²) in [6.45, 7) is 0.204. The molecule has 3 amide bonds. The van der Waals surface area contributed by atoms with Crippen LogP contribution in [0.3, 0.4) is 0 Å². The van der Waals surface area contributed by atoms with Crippen molar-refractivity contribution >= 4 is 17.9 Å². The second-order valence-electron chi connectivity index (χ2n) is 8.73. The molecule has 1 aliphatic carbocycles. The number of hydrogen-bond acceptors (Lipinski definition) is 8. The molecule has 6 N–H and O–H groups in total. The van der Waals surface area contributed by atoms with Gasteiger partial charge in [0.2, 0.25) is 11.8 Å². The van der Waals surface area contributed by atoms with E-state index in [0.29, 0.717) is 0 Å². The van der Waals surface area contributed by atoms with Gasteiger partial charge in [0, 0.05) is 12.8 Å². The minimum atomic E-state index is -1.50. The van der Waals surface area contributed by atoms with Gasteiger partial charge in [-0.2, -0.15) is 0 Å². The van der Waals surface area contributed by atoms with Gasteiger partial charge < -0.3 is 40.7 Å². The molecule has 0 bridgehead atoms. The number of ether oxygens (including phenoxy) is 2. The number of alkyl carbamates (subject to hydrolysis) is 1. The van der Waals surface area contributed by atoms with E-state index in [4.69, 9.17) is 9.47 Å². The molecule has 0 unspecified atom stereocenters. The van der Waals surface area contributed by atoms with Crippen LogP contribution in [0.4, 0.5) is 4.79 Å². The first-order valence-electron chi connectivity index (χ1n) is 11.6. The first-order valence-corrected chi connectivity index (χ1v) is 11.6. The van der Waals surface area contributed by atoms with Crippen LogP contribution >= 0.6 is 0 Å². The lowest BCUT2D eigenvalue weighted by Gasteiger charge is -2.42. The van der Waals surface area contributed by atoms with Crippen LogP contribution < -0.4 is 16.0 Å². The Balaban J connectivity index is 1.31. The van der Waals surface area contributed by atoms with Crippen molar-refractivity contribution in [2.75, 3.05) is 19.8 Å². The molecule has 4 rings (SSSR count). The highest BCUT2D eigenvalue weighted by Gasteiger charge is 2.45. The van der Waals surface area contributed by atoms with Crippen LogP contribution in [-0.2, 0) is 19.1 Å². The van der Waals surface area contributed by atoms with Gasteiger partial charge in [-0.3, -0.25) is 9.59 Å². The fraction of sp³-hybridized carbons (Fsp3) is 0.400. The summed E-state index contributed by atoms with van der Waals surface area (Å²) >= 11 is 0. The summed E-state index contributed by atoms with van der Waals surface area (Å²) in [5.41, 5.74) is 4.30. The minimum Gasteiger partial charge on any atom is -0.449 e. The normalized spacial score (nSPS) is 24.8. The van der Waals surface area contributed by atoms with Crippen LogP contribution in [0.1, 0.15) is 24.0 Å². The molecule has 192 valence electrons. The summed E-state index contributed by atoms with van der Waals surface area (Å²) in [4.78, 5) is 36.3. The number of hydrogen-bond donors (Lipinski definition) is 6. The molecule has 0 aromatic heterocycles. The van der Waals surface area contributed by atoms with E-state index in [9.17, 15) is 29.7 Å². The van der Waals surface area contributed by atoms with Crippen molar-refractivity contribution in [1.82, 2.24) is 16.0 Å². The largest absolute Gasteiger partial charge is 0.449 e. The van der Waals surface area contributed by atoms with Crippen molar-refractivity contribution in [2.24, 2.45) is 0 Å². The molecule has 1 fully saturated rings. The lowest BCUT2D eigenvalue weighted by atomic mass is 9.96. The lowest BCUT2D eigenvalue weighted by molar-refractivity contribution is -0.203. The highest BCUT2D eigenvalue weighted by atomic mass is 16.6. The maximum atomic E-state index is 12.4. The third-order valence-electron chi connectivity index (χ3n) is 6.34. The van der Waals surface area contributed by atoms with Crippen molar-refractivity contribution in [3.05, 3.63) is 59.7 Å². The molecule has 1 saturated heterocycles. The fourth-order valence-electron chi connectivity index (χ4n) is 4.65. The smallest absolute Gasteiger partial charge is 0.407 e. The van der Waals surface area contributed by atoms with Crippen LogP contribution in [-0.4, -0.2) is 83.6 Å². The molecule has 0 radical (unpaired) electrons. The molecule has 1 heterocycles. The van der Waals surface area contributed by atoms with Crippen LogP contribution in [0, 0.1) is 0 Å². The van der Waals surface area contributed by atoms with E-state index in [1.807, 2.05) is 48.5 Å². The predicted octanol–water partition coefficient (Wildman–Crippen LogP) is -0.415. The Bertz CT molecular complexity index is 1080. The molecule has 11 nitrogen and oxygen atoms in total. The average Bonchev–Trinajstić information content (AvgIpc) is 3.19. The average molecular weight is 500 g/mol. The second kappa shape index (κ2) is 11.0. The molecule has 0 saturated carbocycles. The molecule has 11 heteroatoms. The Hall–Kier alpha value is -3.51. The molecule has 5 atom stereocenters. The molecule has 0 spiro atoms. The van der Waals surface area contributed by atoms with Gasteiger partial charge in [0.15, 0.2) is 6.23 Å². The summed E-state index contributed by atoms with van der Waals surface area (Å²) in [6.07, 6.45) is -6.19. The van der Waals surface area contributed by atoms with Crippen LogP contribution in [0.15, 0.2) is 48.5 Å². The maximum Gasteiger partial charge on any atom is 0.407 e. The predicted molar refractivity (Wildman–Crippen MR) is 127 cm³/mol. The Morgan fingerprint density at radius 2 is 1.56 bits per heavy atom. The molecule has 36 heavy (non-hydrogen) atoms. The number of rotatable bonds is 7. The summed E-state index contributed by atoms with van der Waals surface area (Å²) in [5.74, 6) is -1.34. The van der Waals surface area contributed by atoms with E-state index < -0.39 is 61.6 Å². The number of carbonyl (C=O) groups is 3. The van der Waals surface area contributed by atoms with Gasteiger partial charge in [-0.25, -0.2) is 4.79 Å². The number of nitrogens with one attached hydrogen (secondary N) is 3. The topological polar surface area (TPSA) is 166 Å². The summed E-state index contributed by atoms with van der Waals surface area (Å²) in [7, 11) is 0. The molecule has 2 aliphatic rings. The Morgan fingerprint density at radius 3 is 2.14 bits per heavy atom. The Labute approximate surface area is 207 Å². The van der Waals surface area contributed by atoms with Crippen LogP contribution in [0.2, 0.25) is 0 Å². The summed E-state index contributed by atoms with van der Waals surface area (Å²) in [6, 6.07) is 14.7. The lowest BCUT2D eigenvalue weighted by Crippen LogP contribution is -2.68. The molecular formula is C25H29N3O8. The molecule has 2 aromatic carbocycles. The minimum absolute atomic E-state index is 0.0834. The summed E-state index contributed by atoms with van der Waals surface area (Å²) < 4.78 is 10.8. The van der Waals surface area contributed by atoms with Crippen molar-refractivity contribution < 1.29 is 39.2 Å². The SMILES string of the molecule is CC(=O)N[C@@H]1[C@@H](O)[C@H](O)[C@@H](CO)O[C@H]1NC(=O)CNC(=O)OCC1c2ccccc2-c2ccccc21. The third kappa shape index (κ3) is 5.34. The van der Waals surface area contributed by atoms with Gasteiger partial charge >= 0.3 is 6.09 Å². The van der Waals surface area contributed by atoms with Gasteiger partial charge in [0.1, 0.15) is 37.5 Å². The monoisotopic (exact) mass is 499 g/mol. The highest BCUT2D eigenvalue weighted by Crippen LogP contribution is 2.44. The van der Waals surface area contributed by atoms with Gasteiger partial charge in [0.25, 0.3) is 0 Å². The van der Waals surface area contributed by atoms with Crippen molar-refractivity contribution in [2.45, 2.75) is 43.4 Å². The number of amides is 3. The van der Waals surface area contributed by atoms with Crippen molar-refractivity contribution in [3.63, 3.8) is 0 Å². The first kappa shape index (κ1) is 25.6. The molecule has 2 aromatic rings. The zero-order valence-electron chi connectivity index (χ0n) is 19.6. The van der Waals surface area contributed by atoms with Gasteiger partial charge in [-0.1, -0.05) is 48.5 Å². The quantitative estimate of drug-likeness (QED) is 0.299. The number of aliphatic hydroxyl groups excluding tert-OH is 3. The van der Waals surface area contributed by atoms with Crippen molar-refractivity contribution in [1.29, 1.82) is 0 Å². The Morgan fingerprint density at radius 1 is 0.944 bits per heavy atom. The van der Waals surface area contributed by atoms with Gasteiger partial charge in [-0.15, -0.1) is 0 Å². The molecule has 1 aliphatic heterocycles. The number of aliphatic hydroxyl groups is 3. The highest BCUT2D eigenvalue weighted by molar-refractivity contribution is 5.83. The van der Waals surface area contributed by atoms with Gasteiger partial charge in [-0.05, 0) is 22.3 Å². The number of fused-ring (bicyclic) bond motifs is 3. The van der Waals surface area contributed by atoms with Crippen LogP contribution in [0.25, 0.3) is 11.1 Å². The summed E-state index contributed by atoms with van der Waals surface area (Å²) in [5, 5.41) is 37.0. The zero-order valence-corrected chi connectivity index (χ0v) is 19.6. The van der Waals surface area contributed by atoms with E-state index in [1.54, 1.807) is 0 Å². The maximum absolute atomic E-state index is 12.4. The number of benzene rings is 2. The van der Waals surface area contributed by atoms with E-state index >= 15 is 0 Å². The standard InChI is InChI=1S/C25H29N3O8/c1-13(30)27-21-23(33)22(32)19(11-29)36-24(21)28-20(31)10-26-25(34)35-12-18-16-8-4-2-6-14(16)15-7-3-5-9-17(15)18/h2-9,18-19,21-24,29,32-33H,10-12H2,1H3,(H,26,34)(H,27,30)(H,28,31)/t19-,21-,22-,23-,24-/m1/s1. The third-order valence-corrected chi connectivity index (χ3v) is 6.34.